The molecule has 4 amide bonds. The minimum atomic E-state index is -0.412. The van der Waals surface area contributed by atoms with Crippen molar-refractivity contribution in [1.29, 1.82) is 0 Å². The molecule has 1 saturated heterocycles. The number of hydrogen-bond donors (Lipinski definition) is 2. The second-order valence-corrected chi connectivity index (χ2v) is 6.64. The van der Waals surface area contributed by atoms with E-state index < -0.39 is 11.8 Å². The van der Waals surface area contributed by atoms with E-state index in [0.29, 0.717) is 22.6 Å². The number of benzene rings is 2. The van der Waals surface area contributed by atoms with Gasteiger partial charge in [-0.3, -0.25) is 24.1 Å². The number of carbonyl (C=O) groups is 4. The highest BCUT2D eigenvalue weighted by molar-refractivity contribution is 6.20. The molecule has 3 aromatic rings. The molecule has 8 heteroatoms. The molecular weight excluding hydrogens is 386 g/mol. The third-order valence-corrected chi connectivity index (χ3v) is 4.54. The van der Waals surface area contributed by atoms with E-state index in [1.54, 1.807) is 54.6 Å². The predicted octanol–water partition coefficient (Wildman–Crippen LogP) is 3.44. The van der Waals surface area contributed by atoms with Gasteiger partial charge in [-0.1, -0.05) is 12.1 Å². The highest BCUT2D eigenvalue weighted by Crippen LogP contribution is 2.24. The molecule has 0 bridgehead atoms. The number of amides is 4. The van der Waals surface area contributed by atoms with Crippen molar-refractivity contribution in [3.05, 3.63) is 78.3 Å². The van der Waals surface area contributed by atoms with E-state index in [-0.39, 0.29) is 30.4 Å². The first-order chi connectivity index (χ1) is 14.5. The predicted molar refractivity (Wildman–Crippen MR) is 109 cm³/mol. The van der Waals surface area contributed by atoms with E-state index in [4.69, 9.17) is 4.42 Å². The van der Waals surface area contributed by atoms with Crippen molar-refractivity contribution in [1.82, 2.24) is 0 Å². The lowest BCUT2D eigenvalue weighted by Crippen LogP contribution is -2.28. The van der Waals surface area contributed by atoms with Crippen LogP contribution in [0.1, 0.15) is 33.8 Å². The third kappa shape index (κ3) is 3.97. The number of furan rings is 1. The Hall–Kier alpha value is -4.20. The Balaban J connectivity index is 1.48. The van der Waals surface area contributed by atoms with Crippen molar-refractivity contribution < 1.29 is 23.6 Å². The first-order valence-corrected chi connectivity index (χ1v) is 9.23. The van der Waals surface area contributed by atoms with E-state index in [1.807, 2.05) is 0 Å². The summed E-state index contributed by atoms with van der Waals surface area (Å²) in [6, 6.07) is 16.1. The molecule has 2 N–H and O–H groups in total. The SMILES string of the molecule is O=C(Nc1cccc(NC(=O)c2ccco2)c1)c1cccc(N2C(=O)CCC2=O)c1. The fraction of sp³-hybridized carbons (Fsp3) is 0.0909. The largest absolute Gasteiger partial charge is 0.459 e. The number of nitrogens with zero attached hydrogens (tertiary/aromatic N) is 1. The van der Waals surface area contributed by atoms with E-state index in [9.17, 15) is 19.2 Å². The van der Waals surface area contributed by atoms with Crippen LogP contribution in [0.3, 0.4) is 0 Å². The van der Waals surface area contributed by atoms with Crippen molar-refractivity contribution >= 4 is 40.7 Å². The molecule has 1 aliphatic rings. The number of imide groups is 1. The minimum Gasteiger partial charge on any atom is -0.459 e. The zero-order valence-electron chi connectivity index (χ0n) is 15.8. The molecule has 1 aliphatic heterocycles. The first-order valence-electron chi connectivity index (χ1n) is 9.23. The van der Waals surface area contributed by atoms with Crippen LogP contribution in [-0.4, -0.2) is 23.6 Å². The van der Waals surface area contributed by atoms with Crippen molar-refractivity contribution in [2.45, 2.75) is 12.8 Å². The summed E-state index contributed by atoms with van der Waals surface area (Å²) in [6.45, 7) is 0. The standard InChI is InChI=1S/C22H17N3O5/c26-19-9-10-20(27)25(19)17-7-1-4-14(12-17)21(28)23-15-5-2-6-16(13-15)24-22(29)18-8-3-11-30-18/h1-8,11-13H,9-10H2,(H,23,28)(H,24,29). The molecule has 2 aromatic carbocycles. The van der Waals surface area contributed by atoms with Gasteiger partial charge >= 0.3 is 0 Å². The second-order valence-electron chi connectivity index (χ2n) is 6.64. The number of anilines is 3. The zero-order chi connectivity index (χ0) is 21.1. The molecule has 0 unspecified atom stereocenters. The van der Waals surface area contributed by atoms with E-state index in [0.717, 1.165) is 4.90 Å². The molecule has 0 atom stereocenters. The molecular formula is C22H17N3O5. The maximum Gasteiger partial charge on any atom is 0.291 e. The van der Waals surface area contributed by atoms with Gasteiger partial charge in [0.05, 0.1) is 12.0 Å². The normalized spacial score (nSPS) is 13.4. The Morgan fingerprint density at radius 2 is 1.47 bits per heavy atom. The van der Waals surface area contributed by atoms with Crippen LogP contribution in [0.4, 0.5) is 17.1 Å². The summed E-state index contributed by atoms with van der Waals surface area (Å²) in [5, 5.41) is 5.43. The summed E-state index contributed by atoms with van der Waals surface area (Å²) in [5.74, 6) is -1.20. The summed E-state index contributed by atoms with van der Waals surface area (Å²) < 4.78 is 5.05. The summed E-state index contributed by atoms with van der Waals surface area (Å²) in [6.07, 6.45) is 1.75. The Bertz CT molecular complexity index is 1120. The van der Waals surface area contributed by atoms with E-state index in [2.05, 4.69) is 10.6 Å². The smallest absolute Gasteiger partial charge is 0.291 e. The van der Waals surface area contributed by atoms with Gasteiger partial charge in [0.1, 0.15) is 0 Å². The number of carbonyl (C=O) groups excluding carboxylic acids is 4. The van der Waals surface area contributed by atoms with Crippen molar-refractivity contribution in [2.75, 3.05) is 15.5 Å². The Morgan fingerprint density at radius 1 is 0.800 bits per heavy atom. The Labute approximate surface area is 171 Å². The molecule has 8 nitrogen and oxygen atoms in total. The zero-order valence-corrected chi connectivity index (χ0v) is 15.8. The molecule has 0 radical (unpaired) electrons. The van der Waals surface area contributed by atoms with Crippen LogP contribution in [0.15, 0.2) is 71.3 Å². The van der Waals surface area contributed by atoms with Gasteiger partial charge in [-0.05, 0) is 48.5 Å². The topological polar surface area (TPSA) is 109 Å². The quantitative estimate of drug-likeness (QED) is 0.635. The maximum atomic E-state index is 12.7. The molecule has 0 aliphatic carbocycles. The molecule has 0 spiro atoms. The van der Waals surface area contributed by atoms with Gasteiger partial charge in [-0.25, -0.2) is 0 Å². The average Bonchev–Trinajstić information content (AvgIpc) is 3.38. The van der Waals surface area contributed by atoms with E-state index >= 15 is 0 Å². The highest BCUT2D eigenvalue weighted by atomic mass is 16.3. The highest BCUT2D eigenvalue weighted by Gasteiger charge is 2.30. The summed E-state index contributed by atoms with van der Waals surface area (Å²) in [7, 11) is 0. The van der Waals surface area contributed by atoms with Crippen molar-refractivity contribution in [2.24, 2.45) is 0 Å². The van der Waals surface area contributed by atoms with Gasteiger partial charge < -0.3 is 15.1 Å². The molecule has 2 heterocycles. The van der Waals surface area contributed by atoms with E-state index in [1.165, 1.54) is 12.3 Å². The van der Waals surface area contributed by atoms with Crippen LogP contribution in [0.5, 0.6) is 0 Å². The fourth-order valence-corrected chi connectivity index (χ4v) is 3.13. The maximum absolute atomic E-state index is 12.7. The van der Waals surface area contributed by atoms with Gasteiger partial charge in [0.25, 0.3) is 11.8 Å². The average molecular weight is 403 g/mol. The Kier molecular flexibility index (Phi) is 5.13. The van der Waals surface area contributed by atoms with Gasteiger partial charge in [-0.2, -0.15) is 0 Å². The molecule has 30 heavy (non-hydrogen) atoms. The number of rotatable bonds is 5. The van der Waals surface area contributed by atoms with Crippen LogP contribution in [-0.2, 0) is 9.59 Å². The van der Waals surface area contributed by atoms with Crippen LogP contribution in [0.25, 0.3) is 0 Å². The number of hydrogen-bond acceptors (Lipinski definition) is 5. The van der Waals surface area contributed by atoms with Crippen LogP contribution >= 0.6 is 0 Å². The van der Waals surface area contributed by atoms with Crippen molar-refractivity contribution in [3.8, 4) is 0 Å². The molecule has 1 aromatic heterocycles. The third-order valence-electron chi connectivity index (χ3n) is 4.54. The van der Waals surface area contributed by atoms with Gasteiger partial charge in [0.15, 0.2) is 5.76 Å². The summed E-state index contributed by atoms with van der Waals surface area (Å²) in [5.41, 5.74) is 1.62. The lowest BCUT2D eigenvalue weighted by molar-refractivity contribution is -0.121. The fourth-order valence-electron chi connectivity index (χ4n) is 3.13. The lowest BCUT2D eigenvalue weighted by Gasteiger charge is -2.15. The summed E-state index contributed by atoms with van der Waals surface area (Å²) in [4.78, 5) is 49.7. The molecule has 150 valence electrons. The lowest BCUT2D eigenvalue weighted by atomic mass is 10.1. The minimum absolute atomic E-state index is 0.172. The second kappa shape index (κ2) is 8.04. The van der Waals surface area contributed by atoms with Crippen LogP contribution < -0.4 is 15.5 Å². The van der Waals surface area contributed by atoms with Crippen molar-refractivity contribution in [3.63, 3.8) is 0 Å². The molecule has 0 saturated carbocycles. The van der Waals surface area contributed by atoms with Gasteiger partial charge in [-0.15, -0.1) is 0 Å². The number of nitrogens with one attached hydrogen (secondary N) is 2. The molecule has 4 rings (SSSR count). The van der Waals surface area contributed by atoms with Crippen LogP contribution in [0, 0.1) is 0 Å². The molecule has 1 fully saturated rings. The summed E-state index contributed by atoms with van der Waals surface area (Å²) >= 11 is 0. The Morgan fingerprint density at radius 3 is 2.13 bits per heavy atom. The van der Waals surface area contributed by atoms with Crippen LogP contribution in [0.2, 0.25) is 0 Å². The first kappa shape index (κ1) is 19.1. The van der Waals surface area contributed by atoms with Gasteiger partial charge in [0, 0.05) is 29.8 Å². The monoisotopic (exact) mass is 403 g/mol. The van der Waals surface area contributed by atoms with Gasteiger partial charge in [0.2, 0.25) is 11.8 Å².